The first-order valence-electron chi connectivity index (χ1n) is 7.21. The van der Waals surface area contributed by atoms with Crippen LogP contribution in [0.2, 0.25) is 0 Å². The standard InChI is InChI=1S/C16H25NO/c1-3-17-16(12-14-9-6-7-11-18-14)15-10-5-4-8-13(15)2/h4-5,8,10,14,16-17H,3,6-7,9,11-12H2,1-2H3. The number of benzene rings is 1. The molecule has 2 atom stereocenters. The fraction of sp³-hybridized carbons (Fsp3) is 0.625. The lowest BCUT2D eigenvalue weighted by Gasteiger charge is -2.28. The molecule has 2 unspecified atom stereocenters. The lowest BCUT2D eigenvalue weighted by Crippen LogP contribution is -2.29. The van der Waals surface area contributed by atoms with Gasteiger partial charge in [0.15, 0.2) is 0 Å². The highest BCUT2D eigenvalue weighted by Gasteiger charge is 2.21. The van der Waals surface area contributed by atoms with Gasteiger partial charge < -0.3 is 10.1 Å². The third-order valence-corrected chi connectivity index (χ3v) is 3.79. The van der Waals surface area contributed by atoms with Crippen molar-refractivity contribution >= 4 is 0 Å². The Balaban J connectivity index is 2.05. The summed E-state index contributed by atoms with van der Waals surface area (Å²) >= 11 is 0. The first-order valence-corrected chi connectivity index (χ1v) is 7.21. The maximum Gasteiger partial charge on any atom is 0.0593 e. The van der Waals surface area contributed by atoms with E-state index in [0.717, 1.165) is 19.6 Å². The topological polar surface area (TPSA) is 21.3 Å². The van der Waals surface area contributed by atoms with E-state index in [-0.39, 0.29) is 0 Å². The smallest absolute Gasteiger partial charge is 0.0593 e. The summed E-state index contributed by atoms with van der Waals surface area (Å²) < 4.78 is 5.88. The molecule has 0 amide bonds. The number of hydrogen-bond donors (Lipinski definition) is 1. The monoisotopic (exact) mass is 247 g/mol. The van der Waals surface area contributed by atoms with Crippen molar-refractivity contribution in [2.45, 2.75) is 51.7 Å². The highest BCUT2D eigenvalue weighted by molar-refractivity contribution is 5.28. The predicted octanol–water partition coefficient (Wildman–Crippen LogP) is 3.60. The van der Waals surface area contributed by atoms with Crippen molar-refractivity contribution in [2.75, 3.05) is 13.2 Å². The third-order valence-electron chi connectivity index (χ3n) is 3.79. The maximum absolute atomic E-state index is 5.88. The molecule has 100 valence electrons. The third kappa shape index (κ3) is 3.56. The van der Waals surface area contributed by atoms with Crippen molar-refractivity contribution in [1.82, 2.24) is 5.32 Å². The molecule has 1 aliphatic heterocycles. The molecule has 0 aromatic heterocycles. The van der Waals surface area contributed by atoms with Crippen molar-refractivity contribution in [3.8, 4) is 0 Å². The van der Waals surface area contributed by atoms with E-state index in [4.69, 9.17) is 4.74 Å². The van der Waals surface area contributed by atoms with E-state index in [0.29, 0.717) is 12.1 Å². The lowest BCUT2D eigenvalue weighted by molar-refractivity contribution is 0.00511. The van der Waals surface area contributed by atoms with E-state index >= 15 is 0 Å². The minimum atomic E-state index is 0.430. The van der Waals surface area contributed by atoms with E-state index in [1.165, 1.54) is 30.4 Å². The summed E-state index contributed by atoms with van der Waals surface area (Å²) in [5.41, 5.74) is 2.80. The molecule has 1 aromatic carbocycles. The molecular formula is C16H25NO. The van der Waals surface area contributed by atoms with Crippen molar-refractivity contribution < 1.29 is 4.74 Å². The second-order valence-electron chi connectivity index (χ2n) is 5.19. The number of aryl methyl sites for hydroxylation is 1. The molecule has 1 aromatic rings. The van der Waals surface area contributed by atoms with Crippen LogP contribution >= 0.6 is 0 Å². The van der Waals surface area contributed by atoms with E-state index in [1.54, 1.807) is 0 Å². The zero-order chi connectivity index (χ0) is 12.8. The van der Waals surface area contributed by atoms with Crippen LogP contribution < -0.4 is 5.32 Å². The summed E-state index contributed by atoms with van der Waals surface area (Å²) in [5.74, 6) is 0. The van der Waals surface area contributed by atoms with Crippen LogP contribution in [0.3, 0.4) is 0 Å². The van der Waals surface area contributed by atoms with E-state index in [9.17, 15) is 0 Å². The molecule has 2 rings (SSSR count). The first kappa shape index (κ1) is 13.6. The Morgan fingerprint density at radius 3 is 2.83 bits per heavy atom. The van der Waals surface area contributed by atoms with Crippen LogP contribution in [0.15, 0.2) is 24.3 Å². The summed E-state index contributed by atoms with van der Waals surface area (Å²) in [5, 5.41) is 3.61. The predicted molar refractivity (Wildman–Crippen MR) is 75.8 cm³/mol. The van der Waals surface area contributed by atoms with Crippen molar-refractivity contribution in [3.63, 3.8) is 0 Å². The molecule has 2 heteroatoms. The van der Waals surface area contributed by atoms with Gasteiger partial charge in [0.2, 0.25) is 0 Å². The fourth-order valence-corrected chi connectivity index (χ4v) is 2.80. The zero-order valence-corrected chi connectivity index (χ0v) is 11.6. The summed E-state index contributed by atoms with van der Waals surface area (Å²) in [6.45, 7) is 6.32. The van der Waals surface area contributed by atoms with Crippen LogP contribution in [0.5, 0.6) is 0 Å². The van der Waals surface area contributed by atoms with Gasteiger partial charge in [-0.15, -0.1) is 0 Å². The highest BCUT2D eigenvalue weighted by atomic mass is 16.5. The number of rotatable bonds is 5. The van der Waals surface area contributed by atoms with Crippen LogP contribution in [0.1, 0.15) is 49.8 Å². The molecule has 0 aliphatic carbocycles. The molecule has 0 bridgehead atoms. The molecule has 1 heterocycles. The van der Waals surface area contributed by atoms with E-state index < -0.39 is 0 Å². The molecular weight excluding hydrogens is 222 g/mol. The summed E-state index contributed by atoms with van der Waals surface area (Å²) in [6, 6.07) is 9.11. The van der Waals surface area contributed by atoms with Gasteiger partial charge in [-0.25, -0.2) is 0 Å². The van der Waals surface area contributed by atoms with Crippen LogP contribution in [-0.2, 0) is 4.74 Å². The average Bonchev–Trinajstić information content (AvgIpc) is 2.40. The average molecular weight is 247 g/mol. The van der Waals surface area contributed by atoms with Gasteiger partial charge in [0.1, 0.15) is 0 Å². The summed E-state index contributed by atoms with van der Waals surface area (Å²) in [7, 11) is 0. The Labute approximate surface area is 111 Å². The minimum Gasteiger partial charge on any atom is -0.378 e. The van der Waals surface area contributed by atoms with E-state index in [2.05, 4.69) is 43.4 Å². The van der Waals surface area contributed by atoms with E-state index in [1.807, 2.05) is 0 Å². The molecule has 18 heavy (non-hydrogen) atoms. The van der Waals surface area contributed by atoms with Crippen LogP contribution in [0.25, 0.3) is 0 Å². The number of hydrogen-bond acceptors (Lipinski definition) is 2. The molecule has 1 aliphatic rings. The van der Waals surface area contributed by atoms with Crippen molar-refractivity contribution in [3.05, 3.63) is 35.4 Å². The van der Waals surface area contributed by atoms with Gasteiger partial charge >= 0.3 is 0 Å². The van der Waals surface area contributed by atoms with Crippen LogP contribution in [0, 0.1) is 6.92 Å². The number of ether oxygens (including phenoxy) is 1. The van der Waals surface area contributed by atoms with Gasteiger partial charge in [-0.05, 0) is 50.3 Å². The number of nitrogens with one attached hydrogen (secondary N) is 1. The minimum absolute atomic E-state index is 0.430. The molecule has 2 nitrogen and oxygen atoms in total. The van der Waals surface area contributed by atoms with Gasteiger partial charge in [-0.3, -0.25) is 0 Å². The summed E-state index contributed by atoms with van der Waals surface area (Å²) in [6.07, 6.45) is 5.29. The zero-order valence-electron chi connectivity index (χ0n) is 11.6. The Hall–Kier alpha value is -0.860. The largest absolute Gasteiger partial charge is 0.378 e. The highest BCUT2D eigenvalue weighted by Crippen LogP contribution is 2.26. The maximum atomic E-state index is 5.88. The molecule has 1 N–H and O–H groups in total. The quantitative estimate of drug-likeness (QED) is 0.858. The van der Waals surface area contributed by atoms with Crippen LogP contribution in [0.4, 0.5) is 0 Å². The van der Waals surface area contributed by atoms with Gasteiger partial charge in [-0.2, -0.15) is 0 Å². The second kappa shape index (κ2) is 6.91. The Bertz CT molecular complexity index is 358. The lowest BCUT2D eigenvalue weighted by atomic mass is 9.94. The Morgan fingerprint density at radius 1 is 1.33 bits per heavy atom. The molecule has 1 saturated heterocycles. The Kier molecular flexibility index (Phi) is 5.21. The van der Waals surface area contributed by atoms with Gasteiger partial charge in [0, 0.05) is 12.6 Å². The van der Waals surface area contributed by atoms with Gasteiger partial charge in [-0.1, -0.05) is 31.2 Å². The van der Waals surface area contributed by atoms with Crippen molar-refractivity contribution in [2.24, 2.45) is 0 Å². The molecule has 0 radical (unpaired) electrons. The molecule has 0 saturated carbocycles. The normalized spacial score (nSPS) is 21.8. The molecule has 0 spiro atoms. The van der Waals surface area contributed by atoms with Crippen LogP contribution in [-0.4, -0.2) is 19.3 Å². The van der Waals surface area contributed by atoms with Gasteiger partial charge in [0.25, 0.3) is 0 Å². The SMILES string of the molecule is CCNC(CC1CCCCO1)c1ccccc1C. The summed E-state index contributed by atoms with van der Waals surface area (Å²) in [4.78, 5) is 0. The second-order valence-corrected chi connectivity index (χ2v) is 5.19. The fourth-order valence-electron chi connectivity index (χ4n) is 2.80. The molecule has 1 fully saturated rings. The van der Waals surface area contributed by atoms with Gasteiger partial charge in [0.05, 0.1) is 6.10 Å². The Morgan fingerprint density at radius 2 is 2.17 bits per heavy atom. The first-order chi connectivity index (χ1) is 8.81. The van der Waals surface area contributed by atoms with Crippen molar-refractivity contribution in [1.29, 1.82) is 0 Å².